The molecule has 1 saturated heterocycles. The normalized spacial score (nSPS) is 21.8. The van der Waals surface area contributed by atoms with Crippen molar-refractivity contribution in [3.8, 4) is 5.75 Å². The summed E-state index contributed by atoms with van der Waals surface area (Å²) in [6, 6.07) is 4.02. The standard InChI is InChI=1S/C10H14N2O/c1-13-9-2-3-10(12-7-9)8-4-5-11-6-8/h2-3,7-8,11H,4-6H2,1H3/t8-/m1/s1. The summed E-state index contributed by atoms with van der Waals surface area (Å²) in [5.74, 6) is 1.42. The SMILES string of the molecule is COc1ccc([C@@H]2CCNC2)nc1. The van der Waals surface area contributed by atoms with Gasteiger partial charge in [-0.15, -0.1) is 0 Å². The second kappa shape index (κ2) is 3.75. The van der Waals surface area contributed by atoms with Crippen molar-refractivity contribution in [2.24, 2.45) is 0 Å². The summed E-state index contributed by atoms with van der Waals surface area (Å²) in [6.07, 6.45) is 2.98. The minimum absolute atomic E-state index is 0.589. The molecule has 1 aromatic rings. The van der Waals surface area contributed by atoms with E-state index in [2.05, 4.69) is 16.4 Å². The van der Waals surface area contributed by atoms with Crippen molar-refractivity contribution in [2.45, 2.75) is 12.3 Å². The topological polar surface area (TPSA) is 34.1 Å². The first-order valence-electron chi connectivity index (χ1n) is 4.61. The number of methoxy groups -OCH3 is 1. The van der Waals surface area contributed by atoms with E-state index in [9.17, 15) is 0 Å². The molecule has 1 aliphatic heterocycles. The maximum absolute atomic E-state index is 5.05. The van der Waals surface area contributed by atoms with E-state index in [0.717, 1.165) is 18.8 Å². The Morgan fingerprint density at radius 1 is 1.54 bits per heavy atom. The lowest BCUT2D eigenvalue weighted by atomic mass is 10.0. The molecule has 1 N–H and O–H groups in total. The smallest absolute Gasteiger partial charge is 0.137 e. The van der Waals surface area contributed by atoms with E-state index in [4.69, 9.17) is 4.74 Å². The third-order valence-corrected chi connectivity index (χ3v) is 2.47. The number of ether oxygens (including phenoxy) is 1. The van der Waals surface area contributed by atoms with E-state index in [1.54, 1.807) is 13.3 Å². The Bertz CT molecular complexity index is 265. The highest BCUT2D eigenvalue weighted by atomic mass is 16.5. The van der Waals surface area contributed by atoms with Gasteiger partial charge in [0.05, 0.1) is 13.3 Å². The second-order valence-electron chi connectivity index (χ2n) is 3.31. The Hall–Kier alpha value is -1.09. The lowest BCUT2D eigenvalue weighted by Crippen LogP contribution is -2.08. The van der Waals surface area contributed by atoms with Gasteiger partial charge >= 0.3 is 0 Å². The zero-order valence-electron chi connectivity index (χ0n) is 7.79. The van der Waals surface area contributed by atoms with Gasteiger partial charge in [0.1, 0.15) is 5.75 Å². The van der Waals surface area contributed by atoms with Crippen LogP contribution in [0.2, 0.25) is 0 Å². The van der Waals surface area contributed by atoms with Crippen LogP contribution in [-0.4, -0.2) is 25.2 Å². The molecule has 0 amide bonds. The van der Waals surface area contributed by atoms with Crippen LogP contribution >= 0.6 is 0 Å². The molecule has 13 heavy (non-hydrogen) atoms. The van der Waals surface area contributed by atoms with E-state index in [-0.39, 0.29) is 0 Å². The molecule has 1 atom stereocenters. The molecule has 3 nitrogen and oxygen atoms in total. The molecule has 1 aliphatic rings. The van der Waals surface area contributed by atoms with Crippen molar-refractivity contribution < 1.29 is 4.74 Å². The Kier molecular flexibility index (Phi) is 2.45. The number of nitrogens with one attached hydrogen (secondary N) is 1. The number of hydrogen-bond acceptors (Lipinski definition) is 3. The van der Waals surface area contributed by atoms with Crippen molar-refractivity contribution in [1.29, 1.82) is 0 Å². The van der Waals surface area contributed by atoms with Crippen LogP contribution < -0.4 is 10.1 Å². The van der Waals surface area contributed by atoms with Crippen LogP contribution in [0.15, 0.2) is 18.3 Å². The fourth-order valence-corrected chi connectivity index (χ4v) is 1.66. The summed E-state index contributed by atoms with van der Waals surface area (Å²) in [6.45, 7) is 2.16. The summed E-state index contributed by atoms with van der Waals surface area (Å²) < 4.78 is 5.05. The zero-order chi connectivity index (χ0) is 9.10. The molecule has 2 heterocycles. The Morgan fingerprint density at radius 2 is 2.46 bits per heavy atom. The molecule has 2 rings (SSSR count). The highest BCUT2D eigenvalue weighted by Crippen LogP contribution is 2.21. The van der Waals surface area contributed by atoms with Gasteiger partial charge in [0.15, 0.2) is 0 Å². The van der Waals surface area contributed by atoms with Crippen LogP contribution in [0.3, 0.4) is 0 Å². The highest BCUT2D eigenvalue weighted by molar-refractivity contribution is 5.22. The van der Waals surface area contributed by atoms with Crippen LogP contribution in [0.25, 0.3) is 0 Å². The van der Waals surface area contributed by atoms with Crippen LogP contribution in [0.4, 0.5) is 0 Å². The molecule has 0 unspecified atom stereocenters. The molecule has 3 heteroatoms. The third-order valence-electron chi connectivity index (χ3n) is 2.47. The minimum Gasteiger partial charge on any atom is -0.495 e. The van der Waals surface area contributed by atoms with Gasteiger partial charge in [-0.3, -0.25) is 4.98 Å². The molecule has 70 valence electrons. The van der Waals surface area contributed by atoms with Crippen LogP contribution in [0, 0.1) is 0 Å². The number of nitrogens with zero attached hydrogens (tertiary/aromatic N) is 1. The van der Waals surface area contributed by atoms with Crippen molar-refractivity contribution in [2.75, 3.05) is 20.2 Å². The van der Waals surface area contributed by atoms with Crippen LogP contribution in [0.5, 0.6) is 5.75 Å². The molecule has 0 radical (unpaired) electrons. The lowest BCUT2D eigenvalue weighted by Gasteiger charge is -2.07. The largest absolute Gasteiger partial charge is 0.495 e. The number of hydrogen-bond donors (Lipinski definition) is 1. The molecule has 1 fully saturated rings. The molecule has 0 bridgehead atoms. The van der Waals surface area contributed by atoms with Gasteiger partial charge in [0.25, 0.3) is 0 Å². The van der Waals surface area contributed by atoms with Gasteiger partial charge in [-0.25, -0.2) is 0 Å². The summed E-state index contributed by atoms with van der Waals surface area (Å²) in [4.78, 5) is 4.37. The summed E-state index contributed by atoms with van der Waals surface area (Å²) in [5.41, 5.74) is 1.17. The molecular formula is C10H14N2O. The summed E-state index contributed by atoms with van der Waals surface area (Å²) >= 11 is 0. The molecule has 0 aromatic carbocycles. The predicted molar refractivity (Wildman–Crippen MR) is 51.0 cm³/mol. The monoisotopic (exact) mass is 178 g/mol. The first-order chi connectivity index (χ1) is 6.40. The average Bonchev–Trinajstić information content (AvgIpc) is 2.71. The van der Waals surface area contributed by atoms with E-state index in [1.807, 2.05) is 6.07 Å². The average molecular weight is 178 g/mol. The third kappa shape index (κ3) is 1.80. The Labute approximate surface area is 78.1 Å². The van der Waals surface area contributed by atoms with Gasteiger partial charge in [-0.2, -0.15) is 0 Å². The second-order valence-corrected chi connectivity index (χ2v) is 3.31. The molecule has 0 saturated carbocycles. The predicted octanol–water partition coefficient (Wildman–Crippen LogP) is 1.17. The maximum Gasteiger partial charge on any atom is 0.137 e. The first-order valence-corrected chi connectivity index (χ1v) is 4.61. The molecule has 0 spiro atoms. The van der Waals surface area contributed by atoms with Gasteiger partial charge < -0.3 is 10.1 Å². The maximum atomic E-state index is 5.05. The van der Waals surface area contributed by atoms with Crippen molar-refractivity contribution in [3.63, 3.8) is 0 Å². The Balaban J connectivity index is 2.12. The van der Waals surface area contributed by atoms with Crippen molar-refractivity contribution >= 4 is 0 Å². The fourth-order valence-electron chi connectivity index (χ4n) is 1.66. The lowest BCUT2D eigenvalue weighted by molar-refractivity contribution is 0.412. The summed E-state index contributed by atoms with van der Waals surface area (Å²) in [5, 5.41) is 3.33. The summed E-state index contributed by atoms with van der Waals surface area (Å²) in [7, 11) is 1.66. The van der Waals surface area contributed by atoms with Crippen LogP contribution in [-0.2, 0) is 0 Å². The molecular weight excluding hydrogens is 164 g/mol. The van der Waals surface area contributed by atoms with Gasteiger partial charge in [0.2, 0.25) is 0 Å². The van der Waals surface area contributed by atoms with Gasteiger partial charge in [-0.1, -0.05) is 0 Å². The molecule has 1 aromatic heterocycles. The number of rotatable bonds is 2. The van der Waals surface area contributed by atoms with E-state index in [1.165, 1.54) is 12.1 Å². The van der Waals surface area contributed by atoms with E-state index >= 15 is 0 Å². The van der Waals surface area contributed by atoms with Crippen molar-refractivity contribution in [1.82, 2.24) is 10.3 Å². The first kappa shape index (κ1) is 8.51. The van der Waals surface area contributed by atoms with Gasteiger partial charge in [-0.05, 0) is 25.1 Å². The number of pyridine rings is 1. The quantitative estimate of drug-likeness (QED) is 0.738. The molecule has 0 aliphatic carbocycles. The fraction of sp³-hybridized carbons (Fsp3) is 0.500. The highest BCUT2D eigenvalue weighted by Gasteiger charge is 2.17. The number of aromatic nitrogens is 1. The minimum atomic E-state index is 0.589. The van der Waals surface area contributed by atoms with Gasteiger partial charge in [0, 0.05) is 18.2 Å². The zero-order valence-corrected chi connectivity index (χ0v) is 7.79. The van der Waals surface area contributed by atoms with Crippen LogP contribution in [0.1, 0.15) is 18.0 Å². The van der Waals surface area contributed by atoms with E-state index in [0.29, 0.717) is 5.92 Å². The van der Waals surface area contributed by atoms with E-state index < -0.39 is 0 Å². The Morgan fingerprint density at radius 3 is 3.00 bits per heavy atom. The van der Waals surface area contributed by atoms with Crippen molar-refractivity contribution in [3.05, 3.63) is 24.0 Å².